The summed E-state index contributed by atoms with van der Waals surface area (Å²) in [6.07, 6.45) is 0.0174. The molecular formula is C20H23ClN2O2. The fraction of sp³-hybridized carbons (Fsp3) is 0.350. The molecule has 1 aliphatic heterocycles. The summed E-state index contributed by atoms with van der Waals surface area (Å²) >= 11 is 6.20. The topological polar surface area (TPSA) is 41.6 Å². The van der Waals surface area contributed by atoms with Crippen molar-refractivity contribution in [1.82, 2.24) is 10.2 Å². The second-order valence-corrected chi connectivity index (χ2v) is 6.72. The molecule has 5 heteroatoms. The number of carbonyl (C=O) groups is 1. The Morgan fingerprint density at radius 1 is 1.24 bits per heavy atom. The van der Waals surface area contributed by atoms with Crippen molar-refractivity contribution in [3.63, 3.8) is 0 Å². The van der Waals surface area contributed by atoms with Crippen molar-refractivity contribution >= 4 is 17.5 Å². The van der Waals surface area contributed by atoms with Crippen LogP contribution in [0, 0.1) is 0 Å². The van der Waals surface area contributed by atoms with Gasteiger partial charge in [-0.05, 0) is 24.1 Å². The number of ether oxygens (including phenoxy) is 1. The summed E-state index contributed by atoms with van der Waals surface area (Å²) in [4.78, 5) is 14.5. The number of nitrogens with one attached hydrogen (secondary N) is 1. The van der Waals surface area contributed by atoms with Gasteiger partial charge in [-0.1, -0.05) is 60.1 Å². The van der Waals surface area contributed by atoms with Gasteiger partial charge in [0.05, 0.1) is 25.3 Å². The van der Waals surface area contributed by atoms with E-state index in [4.69, 9.17) is 16.3 Å². The molecule has 3 rings (SSSR count). The first kappa shape index (κ1) is 17.9. The summed E-state index contributed by atoms with van der Waals surface area (Å²) < 4.78 is 5.85. The Balaban J connectivity index is 1.55. The summed E-state index contributed by atoms with van der Waals surface area (Å²) in [5, 5.41) is 3.71. The van der Waals surface area contributed by atoms with Crippen LogP contribution >= 0.6 is 11.6 Å². The van der Waals surface area contributed by atoms with Crippen molar-refractivity contribution in [2.75, 3.05) is 26.2 Å². The summed E-state index contributed by atoms with van der Waals surface area (Å²) in [7, 11) is 0. The monoisotopic (exact) mass is 358 g/mol. The third-order valence-corrected chi connectivity index (χ3v) is 4.78. The largest absolute Gasteiger partial charge is 0.371 e. The van der Waals surface area contributed by atoms with E-state index in [2.05, 4.69) is 22.3 Å². The quantitative estimate of drug-likeness (QED) is 0.888. The van der Waals surface area contributed by atoms with E-state index in [1.54, 1.807) is 0 Å². The van der Waals surface area contributed by atoms with Gasteiger partial charge < -0.3 is 10.1 Å². The molecule has 1 heterocycles. The van der Waals surface area contributed by atoms with Gasteiger partial charge >= 0.3 is 0 Å². The van der Waals surface area contributed by atoms with Crippen LogP contribution in [0.15, 0.2) is 54.6 Å². The minimum atomic E-state index is -0.118. The molecule has 0 bridgehead atoms. The van der Waals surface area contributed by atoms with Crippen molar-refractivity contribution in [2.45, 2.75) is 19.1 Å². The van der Waals surface area contributed by atoms with Crippen molar-refractivity contribution < 1.29 is 9.53 Å². The lowest BCUT2D eigenvalue weighted by Gasteiger charge is -2.33. The fourth-order valence-electron chi connectivity index (χ4n) is 3.11. The van der Waals surface area contributed by atoms with Crippen LogP contribution in [-0.4, -0.2) is 37.0 Å². The predicted octanol–water partition coefficient (Wildman–Crippen LogP) is 3.59. The maximum Gasteiger partial charge on any atom is 0.234 e. The lowest BCUT2D eigenvalue weighted by molar-refractivity contribution is -0.125. The van der Waals surface area contributed by atoms with Gasteiger partial charge in [-0.15, -0.1) is 0 Å². The number of amides is 1. The number of halogens is 1. The third kappa shape index (κ3) is 4.82. The Kier molecular flexibility index (Phi) is 6.08. The van der Waals surface area contributed by atoms with E-state index >= 15 is 0 Å². The third-order valence-electron chi connectivity index (χ3n) is 4.44. The Hall–Kier alpha value is -1.88. The van der Waals surface area contributed by atoms with E-state index < -0.39 is 0 Å². The van der Waals surface area contributed by atoms with Crippen LogP contribution in [0.2, 0.25) is 5.02 Å². The molecule has 25 heavy (non-hydrogen) atoms. The molecule has 2 aromatic carbocycles. The van der Waals surface area contributed by atoms with Crippen LogP contribution in [0.25, 0.3) is 0 Å². The molecule has 0 radical (unpaired) electrons. The number of carbonyl (C=O) groups excluding carboxylic acids is 1. The number of benzene rings is 2. The standard InChI is InChI=1S/C20H23ClN2O2/c1-15(17-9-5-6-10-18(17)21)22-20(24)14-23-11-12-25-19(13-23)16-7-3-2-4-8-16/h2-10,15,19H,11-14H2,1H3,(H,22,24). The zero-order chi connectivity index (χ0) is 17.6. The highest BCUT2D eigenvalue weighted by Crippen LogP contribution is 2.23. The molecule has 1 N–H and O–H groups in total. The Morgan fingerprint density at radius 2 is 1.96 bits per heavy atom. The molecule has 1 aliphatic rings. The molecule has 1 saturated heterocycles. The first-order valence-corrected chi connectivity index (χ1v) is 8.94. The van der Waals surface area contributed by atoms with Crippen molar-refractivity contribution in [3.05, 3.63) is 70.7 Å². The Labute approximate surface area is 153 Å². The first-order valence-electron chi connectivity index (χ1n) is 8.56. The van der Waals surface area contributed by atoms with Gasteiger partial charge in [0, 0.05) is 18.1 Å². The summed E-state index contributed by atoms with van der Waals surface area (Å²) in [5.41, 5.74) is 2.08. The zero-order valence-corrected chi connectivity index (χ0v) is 15.1. The van der Waals surface area contributed by atoms with Gasteiger partial charge in [-0.3, -0.25) is 9.69 Å². The van der Waals surface area contributed by atoms with E-state index in [0.29, 0.717) is 18.2 Å². The molecule has 4 nitrogen and oxygen atoms in total. The number of hydrogen-bond donors (Lipinski definition) is 1. The molecule has 132 valence electrons. The average molecular weight is 359 g/mol. The molecule has 0 saturated carbocycles. The smallest absolute Gasteiger partial charge is 0.234 e. The minimum absolute atomic E-state index is 0.00105. The van der Waals surface area contributed by atoms with E-state index in [1.165, 1.54) is 0 Å². The molecule has 2 atom stereocenters. The van der Waals surface area contributed by atoms with Crippen LogP contribution in [0.5, 0.6) is 0 Å². The van der Waals surface area contributed by atoms with Crippen LogP contribution in [-0.2, 0) is 9.53 Å². The van der Waals surface area contributed by atoms with Gasteiger partial charge in [-0.25, -0.2) is 0 Å². The van der Waals surface area contributed by atoms with Crippen LogP contribution < -0.4 is 5.32 Å². The Morgan fingerprint density at radius 3 is 2.72 bits per heavy atom. The Bertz CT molecular complexity index is 708. The van der Waals surface area contributed by atoms with Gasteiger partial charge in [0.25, 0.3) is 0 Å². The normalized spacial score (nSPS) is 19.4. The predicted molar refractivity (Wildman–Crippen MR) is 99.6 cm³/mol. The van der Waals surface area contributed by atoms with Crippen molar-refractivity contribution in [2.24, 2.45) is 0 Å². The highest BCUT2D eigenvalue weighted by Gasteiger charge is 2.24. The van der Waals surface area contributed by atoms with E-state index in [1.807, 2.05) is 49.4 Å². The lowest BCUT2D eigenvalue weighted by Crippen LogP contribution is -2.44. The second kappa shape index (κ2) is 8.48. The van der Waals surface area contributed by atoms with Crippen molar-refractivity contribution in [3.8, 4) is 0 Å². The minimum Gasteiger partial charge on any atom is -0.371 e. The van der Waals surface area contributed by atoms with Crippen molar-refractivity contribution in [1.29, 1.82) is 0 Å². The summed E-state index contributed by atoms with van der Waals surface area (Å²) in [6, 6.07) is 17.6. The van der Waals surface area contributed by atoms with E-state index in [-0.39, 0.29) is 18.1 Å². The molecule has 2 aromatic rings. The molecule has 2 unspecified atom stereocenters. The maximum absolute atomic E-state index is 12.4. The highest BCUT2D eigenvalue weighted by molar-refractivity contribution is 6.31. The molecule has 1 amide bonds. The van der Waals surface area contributed by atoms with E-state index in [0.717, 1.165) is 24.2 Å². The second-order valence-electron chi connectivity index (χ2n) is 6.32. The van der Waals surface area contributed by atoms with Gasteiger partial charge in [0.1, 0.15) is 0 Å². The molecule has 0 spiro atoms. The first-order chi connectivity index (χ1) is 12.1. The van der Waals surface area contributed by atoms with Gasteiger partial charge in [0.2, 0.25) is 5.91 Å². The summed E-state index contributed by atoms with van der Waals surface area (Å²) in [6.45, 7) is 4.43. The highest BCUT2D eigenvalue weighted by atomic mass is 35.5. The van der Waals surface area contributed by atoms with Gasteiger partial charge in [0.15, 0.2) is 0 Å². The van der Waals surface area contributed by atoms with E-state index in [9.17, 15) is 4.79 Å². The maximum atomic E-state index is 12.4. The average Bonchev–Trinajstić information content (AvgIpc) is 2.63. The van der Waals surface area contributed by atoms with Crippen LogP contribution in [0.4, 0.5) is 0 Å². The SMILES string of the molecule is CC(NC(=O)CN1CCOC(c2ccccc2)C1)c1ccccc1Cl. The molecule has 0 aliphatic carbocycles. The zero-order valence-electron chi connectivity index (χ0n) is 14.3. The fourth-order valence-corrected chi connectivity index (χ4v) is 3.41. The number of rotatable bonds is 5. The van der Waals surface area contributed by atoms with Crippen LogP contribution in [0.3, 0.4) is 0 Å². The summed E-state index contributed by atoms with van der Waals surface area (Å²) in [5.74, 6) is 0.00105. The van der Waals surface area contributed by atoms with Gasteiger partial charge in [-0.2, -0.15) is 0 Å². The molecule has 1 fully saturated rings. The number of hydrogen-bond acceptors (Lipinski definition) is 3. The van der Waals surface area contributed by atoms with Crippen LogP contribution in [0.1, 0.15) is 30.2 Å². The number of morpholine rings is 1. The molecule has 0 aromatic heterocycles. The number of nitrogens with zero attached hydrogens (tertiary/aromatic N) is 1. The lowest BCUT2D eigenvalue weighted by atomic mass is 10.1. The molecular weight excluding hydrogens is 336 g/mol.